The lowest BCUT2D eigenvalue weighted by atomic mass is 9.80. The summed E-state index contributed by atoms with van der Waals surface area (Å²) in [5.74, 6) is -11.7. The van der Waals surface area contributed by atoms with Crippen LogP contribution in [0.25, 0.3) is 0 Å². The van der Waals surface area contributed by atoms with Gasteiger partial charge in [0.25, 0.3) is 17.7 Å². The number of hydrogen-bond acceptors (Lipinski definition) is 21. The molecule has 1 aromatic rings. The van der Waals surface area contributed by atoms with Crippen molar-refractivity contribution in [2.75, 3.05) is 26.2 Å². The normalized spacial score (nSPS) is 23.5. The van der Waals surface area contributed by atoms with Gasteiger partial charge in [0.1, 0.15) is 76.5 Å². The van der Waals surface area contributed by atoms with Crippen molar-refractivity contribution in [2.24, 2.45) is 103 Å². The molecule has 0 bridgehead atoms. The molecule has 3 aliphatic heterocycles. The average molecular weight is 1960 g/mol. The molecule has 15 amide bonds. The fourth-order valence-corrected chi connectivity index (χ4v) is 19.5. The number of benzene rings is 1. The number of primary amides is 2. The summed E-state index contributed by atoms with van der Waals surface area (Å²) in [6.07, 6.45) is 7.38. The van der Waals surface area contributed by atoms with Crippen molar-refractivity contribution < 1.29 is 101 Å². The standard InChI is InChI=1S/C34H47Cl2N5O7.C33H55N5O7.C32H53N5O7/c1-32(2,3)25(39-31(47)40-26(33(4,5)6)30(46)48-17-19-11-8-7-9-12-19)29(45)41-16-20-22(34(20,35)36)23(41)28(44)38-21(24(42)27(37)43)15-18-13-10-14-18;1-13-15-20(24(39)27(41)34-16-14-2)35-26(40)23-21-19(33(21,11)12)17-38(23)28(42)25(31(5,6)7)37-30(44)36-22(18(3)4)29(43)45-32(8,9)10;1-29(2,3)22(35-28(43)36-23(30(4,5)6)27(42)44-31(7,8)9)26(41)37-15-17-19(32(17,10)11)20(37)25(40)34-18(14-16-12-13-16)21(38)24(33)39/h7-9,11-12,18,20-23,25-26H,10,13-17H2,1-6H3,(H2,37,43)(H,38,44)(H2,39,40,47);14,18-23,25H,2,13,15-17H2,1,3-12H3,(H,34,41)(H,35,40)(H2,36,37,44);16-20,22-23H,12-15H2,1-11H3,(H2,33,39)(H,34,40)(H2,35,36,43)/t20-,21?,22-,23-,25+,26+;19-,20?,21-,22-,23-,25+;17-,18?,19-,20-,22+,23+/m000/s1. The van der Waals surface area contributed by atoms with E-state index in [9.17, 15) is 86.3 Å². The second-order valence-corrected chi connectivity index (χ2v) is 48.7. The van der Waals surface area contributed by atoms with Gasteiger partial charge in [-0.05, 0) is 146 Å². The summed E-state index contributed by atoms with van der Waals surface area (Å²) >= 11 is 13.0. The number of nitrogens with two attached hydrogens (primary N) is 2. The smallest absolute Gasteiger partial charge is 0.329 e. The van der Waals surface area contributed by atoms with E-state index in [1.54, 1.807) is 159 Å². The Morgan fingerprint density at radius 1 is 0.453 bits per heavy atom. The Balaban J connectivity index is 0.000000280. The summed E-state index contributed by atoms with van der Waals surface area (Å²) in [6.45, 7) is 55.1. The molecule has 9 rings (SSSR count). The molecule has 766 valence electrons. The van der Waals surface area contributed by atoms with Gasteiger partial charge in [-0.3, -0.25) is 57.5 Å². The third-order valence-corrected chi connectivity index (χ3v) is 28.3. The number of rotatable bonds is 35. The predicted molar refractivity (Wildman–Crippen MR) is 514 cm³/mol. The van der Waals surface area contributed by atoms with Crippen LogP contribution in [0.2, 0.25) is 0 Å². The van der Waals surface area contributed by atoms with Gasteiger partial charge in [-0.1, -0.05) is 227 Å². The van der Waals surface area contributed by atoms with E-state index in [1.807, 2.05) is 65.0 Å². The first-order chi connectivity index (χ1) is 62.7. The van der Waals surface area contributed by atoms with Crippen LogP contribution in [0.4, 0.5) is 14.4 Å². The van der Waals surface area contributed by atoms with Crippen LogP contribution in [0.5, 0.6) is 0 Å². The third kappa shape index (κ3) is 29.3. The van der Waals surface area contributed by atoms with E-state index in [4.69, 9.17) is 48.9 Å². The molecule has 137 heavy (non-hydrogen) atoms. The van der Waals surface area contributed by atoms with Gasteiger partial charge in [0.15, 0.2) is 0 Å². The van der Waals surface area contributed by atoms with Crippen molar-refractivity contribution in [1.29, 1.82) is 0 Å². The van der Waals surface area contributed by atoms with Crippen molar-refractivity contribution in [2.45, 2.75) is 346 Å². The number of halogens is 2. The SMILES string of the molecule is C=CCNC(=O)C(=O)C(CCC)NC(=O)[C@@H]1[C@@H]2[C@H](CN1C(=O)[C@@H](NC(=O)N[C@H](C(=O)OC(C)(C)C)C(C)C)C(C)(C)C)C2(C)C.CC(C)(C)OC(=O)[C@@H](NC(=O)N[C@H](C(=O)N1C[C@H]2[C@@H]([C@H]1C(=O)NC(CC1CC1)C(=O)C(N)=O)C2(C)C)C(C)(C)C)C(C)(C)C.CC(C)(C)[C@H](NC(=O)N[C@H](C(=O)N1C[C@H]2[C@@H]([C@H]1C(=O)NC(CC1CCC1)C(=O)C(N)=O)C2(Cl)Cl)C(C)(C)C)C(=O)OCc1ccccc1. The first kappa shape index (κ1) is 114. The van der Waals surface area contributed by atoms with Gasteiger partial charge in [-0.25, -0.2) is 28.8 Å². The number of fused-ring (bicyclic) bond motifs is 3. The fraction of sp³-hybridized carbons (Fsp3) is 0.737. The number of carbonyl (C=O) groups is 18. The molecule has 0 radical (unpaired) electrons. The highest BCUT2D eigenvalue weighted by Crippen LogP contribution is 2.67. The number of amides is 15. The maximum absolute atomic E-state index is 14.2. The number of likely N-dealkylation sites (tertiary alicyclic amines) is 3. The summed E-state index contributed by atoms with van der Waals surface area (Å²) in [6, 6.07) is -5.49. The molecular weight excluding hydrogens is 1810 g/mol. The van der Waals surface area contributed by atoms with Crippen LogP contribution in [0.1, 0.15) is 257 Å². The van der Waals surface area contributed by atoms with E-state index in [1.165, 1.54) is 20.8 Å². The number of nitrogens with one attached hydrogen (secondary N) is 10. The Morgan fingerprint density at radius 3 is 1.13 bits per heavy atom. The number of ether oxygens (including phenoxy) is 3. The van der Waals surface area contributed by atoms with Crippen molar-refractivity contribution >= 4 is 130 Å². The van der Waals surface area contributed by atoms with E-state index < -0.39 is 233 Å². The summed E-state index contributed by atoms with van der Waals surface area (Å²) < 4.78 is 15.3. The van der Waals surface area contributed by atoms with Gasteiger partial charge >= 0.3 is 36.0 Å². The number of Topliss-reactive ketones (excluding diaryl/α,β-unsaturated/α-hetero) is 3. The first-order valence-corrected chi connectivity index (χ1v) is 48.6. The second kappa shape index (κ2) is 43.8. The molecule has 8 aliphatic rings. The van der Waals surface area contributed by atoms with Crippen LogP contribution in [-0.2, 0) is 92.7 Å². The predicted octanol–water partition coefficient (Wildman–Crippen LogP) is 8.20. The molecule has 0 aromatic heterocycles. The lowest BCUT2D eigenvalue weighted by Gasteiger charge is -2.38. The second-order valence-electron chi connectivity index (χ2n) is 47.3. The summed E-state index contributed by atoms with van der Waals surface area (Å²) in [4.78, 5) is 242. The summed E-state index contributed by atoms with van der Waals surface area (Å²) in [5, 5.41) is 27.0. The van der Waals surface area contributed by atoms with Gasteiger partial charge in [0, 0.05) is 38.0 Å². The van der Waals surface area contributed by atoms with Gasteiger partial charge in [0.05, 0.1) is 18.1 Å². The number of alkyl halides is 2. The Labute approximate surface area is 817 Å². The molecule has 3 unspecified atom stereocenters. The minimum absolute atomic E-state index is 0.0224. The van der Waals surface area contributed by atoms with Crippen LogP contribution < -0.4 is 64.6 Å². The van der Waals surface area contributed by atoms with Crippen LogP contribution in [-0.4, -0.2) is 235 Å². The molecule has 3 heterocycles. The van der Waals surface area contributed by atoms with Gasteiger partial charge in [0.2, 0.25) is 52.8 Å². The fourth-order valence-electron chi connectivity index (χ4n) is 18.7. The zero-order valence-corrected chi connectivity index (χ0v) is 87.0. The topological polar surface area (TPSA) is 517 Å². The Hall–Kier alpha value is -10.0. The zero-order chi connectivity index (χ0) is 104. The molecular formula is C99H155Cl2N15O21. The molecule has 5 aliphatic carbocycles. The number of hydrogen-bond donors (Lipinski definition) is 12. The molecule has 38 heteroatoms. The molecule has 18 atom stereocenters. The molecule has 14 N–H and O–H groups in total. The summed E-state index contributed by atoms with van der Waals surface area (Å²) in [7, 11) is 0. The number of ketones is 3. The van der Waals surface area contributed by atoms with Gasteiger partial charge in [-0.2, -0.15) is 0 Å². The molecule has 0 spiro atoms. The van der Waals surface area contributed by atoms with E-state index in [2.05, 4.69) is 59.7 Å². The maximum atomic E-state index is 14.2. The highest BCUT2D eigenvalue weighted by atomic mass is 35.5. The molecule has 36 nitrogen and oxygen atoms in total. The van der Waals surface area contributed by atoms with Crippen molar-refractivity contribution in [3.8, 4) is 0 Å². The molecule has 3 saturated heterocycles. The van der Waals surface area contributed by atoms with Crippen LogP contribution in [0.15, 0.2) is 43.0 Å². The van der Waals surface area contributed by atoms with E-state index in [-0.39, 0.29) is 84.8 Å². The zero-order valence-electron chi connectivity index (χ0n) is 85.5. The maximum Gasteiger partial charge on any atom is 0.329 e. The summed E-state index contributed by atoms with van der Waals surface area (Å²) in [5.41, 5.74) is 5.64. The van der Waals surface area contributed by atoms with Gasteiger partial charge in [-0.15, -0.1) is 29.8 Å². The van der Waals surface area contributed by atoms with Crippen LogP contribution >= 0.6 is 23.2 Å². The first-order valence-electron chi connectivity index (χ1n) is 47.8. The van der Waals surface area contributed by atoms with E-state index in [0.717, 1.165) is 37.7 Å². The van der Waals surface area contributed by atoms with Crippen molar-refractivity contribution in [1.82, 2.24) is 67.9 Å². The number of piperidine rings is 3. The molecule has 5 saturated carbocycles. The lowest BCUT2D eigenvalue weighted by molar-refractivity contribution is -0.160. The van der Waals surface area contributed by atoms with Crippen LogP contribution in [0.3, 0.4) is 0 Å². The average Bonchev–Trinajstić information content (AvgIpc) is 1.53. The van der Waals surface area contributed by atoms with E-state index >= 15 is 0 Å². The lowest BCUT2D eigenvalue weighted by Crippen LogP contribution is -2.63. The quantitative estimate of drug-likeness (QED) is 0.0100. The number of urea groups is 3. The molecule has 1 aromatic carbocycles. The Morgan fingerprint density at radius 2 is 0.796 bits per heavy atom. The van der Waals surface area contributed by atoms with E-state index in [0.29, 0.717) is 25.9 Å². The Kier molecular flexibility index (Phi) is 36.4. The third-order valence-electron chi connectivity index (χ3n) is 27.2. The minimum Gasteiger partial charge on any atom is -0.459 e. The van der Waals surface area contributed by atoms with Crippen LogP contribution in [0, 0.1) is 91.2 Å². The highest BCUT2D eigenvalue weighted by molar-refractivity contribution is 6.51. The monoisotopic (exact) mass is 1960 g/mol. The minimum atomic E-state index is -1.27. The number of esters is 3. The van der Waals surface area contributed by atoms with Gasteiger partial charge < -0.3 is 93.5 Å². The molecule has 8 fully saturated rings. The number of nitrogens with zero attached hydrogens (tertiary/aromatic N) is 3. The largest absolute Gasteiger partial charge is 0.459 e. The Bertz CT molecular complexity index is 4690. The van der Waals surface area contributed by atoms with Crippen molar-refractivity contribution in [3.05, 3.63) is 48.6 Å². The highest BCUT2D eigenvalue weighted by Gasteiger charge is 2.75. The number of carbonyl (C=O) groups excluding carboxylic acids is 18. The van der Waals surface area contributed by atoms with Crippen molar-refractivity contribution in [3.63, 3.8) is 0 Å².